The van der Waals surface area contributed by atoms with Gasteiger partial charge in [-0.2, -0.15) is 21.4 Å². The van der Waals surface area contributed by atoms with E-state index >= 15 is 0 Å². The maximum Gasteiger partial charge on any atom is 0.307 e. The van der Waals surface area contributed by atoms with Gasteiger partial charge in [-0.25, -0.2) is 0 Å². The molecule has 0 saturated carbocycles. The molecule has 1 aliphatic carbocycles. The van der Waals surface area contributed by atoms with Gasteiger partial charge in [-0.15, -0.1) is 0 Å². The second-order valence-corrected chi connectivity index (χ2v) is 19.5. The second-order valence-electron chi connectivity index (χ2n) is 16.7. The molecule has 4 N–H and O–H groups in total. The van der Waals surface area contributed by atoms with Gasteiger partial charge in [0.15, 0.2) is 5.71 Å². The smallest absolute Gasteiger partial charge is 0.307 e. The summed E-state index contributed by atoms with van der Waals surface area (Å²) in [5, 5.41) is 13.0. The molecule has 0 amide bonds. The Labute approximate surface area is 349 Å². The van der Waals surface area contributed by atoms with Crippen molar-refractivity contribution in [3.05, 3.63) is 124 Å². The summed E-state index contributed by atoms with van der Waals surface area (Å²) in [6.45, 7) is 14.0. The summed E-state index contributed by atoms with van der Waals surface area (Å²) in [5.41, 5.74) is 8.91. The van der Waals surface area contributed by atoms with Gasteiger partial charge >= 0.3 is 5.97 Å². The number of hydrogen-bond acceptors (Lipinski definition) is 7. The topological polar surface area (TPSA) is 164 Å². The maximum atomic E-state index is 12.2. The highest BCUT2D eigenvalue weighted by Gasteiger charge is 2.45. The molecule has 314 valence electrons. The van der Waals surface area contributed by atoms with Gasteiger partial charge in [0.1, 0.15) is 6.54 Å². The summed E-state index contributed by atoms with van der Waals surface area (Å²) in [6, 6.07) is 17.0. The number of carboxylic acids is 1. The van der Waals surface area contributed by atoms with Crippen LogP contribution in [-0.4, -0.2) is 60.4 Å². The minimum absolute atomic E-state index is 0.0782. The molecule has 0 radical (unpaired) electrons. The van der Waals surface area contributed by atoms with Crippen molar-refractivity contribution in [2.24, 2.45) is 0 Å². The summed E-state index contributed by atoms with van der Waals surface area (Å²) in [7, 11) is -8.79. The minimum Gasteiger partial charge on any atom is -0.481 e. The fraction of sp³-hybridized carbons (Fsp3) is 0.391. The number of carbonyl (C=O) groups is 1. The van der Waals surface area contributed by atoms with E-state index in [-0.39, 0.29) is 16.2 Å². The molecule has 13 heteroatoms. The van der Waals surface area contributed by atoms with Crippen molar-refractivity contribution in [3.8, 4) is 0 Å². The molecule has 2 heterocycles. The molecule has 2 aliphatic heterocycles. The summed E-state index contributed by atoms with van der Waals surface area (Å²) in [4.78, 5) is 13.4. The minimum atomic E-state index is -4.40. The quantitative estimate of drug-likeness (QED) is 0.0856. The van der Waals surface area contributed by atoms with Gasteiger partial charge in [0.2, 0.25) is 5.69 Å². The zero-order valence-electron chi connectivity index (χ0n) is 34.7. The normalized spacial score (nSPS) is 18.9. The van der Waals surface area contributed by atoms with Crippen LogP contribution >= 0.6 is 0 Å². The van der Waals surface area contributed by atoms with Crippen molar-refractivity contribution < 1.29 is 40.4 Å². The van der Waals surface area contributed by atoms with Crippen LogP contribution in [0, 0.1) is 0 Å². The number of benzene rings is 3. The van der Waals surface area contributed by atoms with Crippen molar-refractivity contribution in [1.29, 1.82) is 0 Å². The first-order chi connectivity index (χ1) is 27.8. The molecule has 59 heavy (non-hydrogen) atoms. The fourth-order valence-corrected chi connectivity index (χ4v) is 9.56. The molecule has 0 atom stereocenters. The number of anilines is 2. The predicted octanol–water partition coefficient (Wildman–Crippen LogP) is 9.50. The molecule has 11 nitrogen and oxygen atoms in total. The Kier molecular flexibility index (Phi) is 12.6. The van der Waals surface area contributed by atoms with Crippen LogP contribution in [0.1, 0.15) is 103 Å². The van der Waals surface area contributed by atoms with Crippen LogP contribution in [-0.2, 0) is 42.3 Å². The van der Waals surface area contributed by atoms with Crippen LogP contribution in [0.5, 0.6) is 0 Å². The monoisotopic (exact) mass is 842 g/mol. The molecule has 0 saturated heterocycles. The van der Waals surface area contributed by atoms with Crippen LogP contribution < -0.4 is 10.2 Å². The lowest BCUT2D eigenvalue weighted by Crippen LogP contribution is -2.28. The van der Waals surface area contributed by atoms with Gasteiger partial charge in [0.25, 0.3) is 20.2 Å². The van der Waals surface area contributed by atoms with Gasteiger partial charge < -0.3 is 15.3 Å². The van der Waals surface area contributed by atoms with E-state index in [0.29, 0.717) is 5.56 Å². The first kappa shape index (κ1) is 43.8. The maximum absolute atomic E-state index is 12.2. The van der Waals surface area contributed by atoms with Crippen molar-refractivity contribution >= 4 is 49.0 Å². The number of nitrogens with one attached hydrogen (secondary N) is 1. The molecule has 0 bridgehead atoms. The molecule has 3 aromatic rings. The number of aliphatic carboxylic acids is 1. The Morgan fingerprint density at radius 2 is 1.46 bits per heavy atom. The summed E-state index contributed by atoms with van der Waals surface area (Å²) in [6.07, 6.45) is 14.7. The SMILES string of the molecule is CCCCN1/C(=C/C=C2\CCCC(/C=C/C3=[N+](CCCC)c4ccc(S(=O)(=O)O)cc4C3(C)C)=C2Nc2ccc(CC(=O)O)cc2)C(C)(C)c2cc(S(=O)(=O)O)ccc21. The van der Waals surface area contributed by atoms with E-state index in [4.69, 9.17) is 0 Å². The Hall–Kier alpha value is -4.82. The average Bonchev–Trinajstić information content (AvgIpc) is 3.51. The van der Waals surface area contributed by atoms with E-state index in [1.165, 1.54) is 12.1 Å². The highest BCUT2D eigenvalue weighted by molar-refractivity contribution is 7.86. The standard InChI is InChI=1S/C46H55N3O8S2/c1-7-9-26-48-39-22-20-35(58(52,53)54)29-37(39)45(3,4)41(48)24-16-32-12-11-13-33(44(32)47-34-18-14-31(15-19-34)28-43(50)51)17-25-42-46(5,6)38-30-36(59(55,56)57)21-23-40(38)49(42)27-10-8-2/h14-25,29-30H,7-13,26-28H2,1-6H3,(H3,50,51,52,53,54,55,56,57)/p+1/b32-16+,41-24+. The first-order valence-corrected chi connectivity index (χ1v) is 23.2. The van der Waals surface area contributed by atoms with Gasteiger partial charge in [0.05, 0.1) is 21.6 Å². The van der Waals surface area contributed by atoms with Crippen molar-refractivity contribution in [2.75, 3.05) is 23.3 Å². The molecule has 0 unspecified atom stereocenters. The highest BCUT2D eigenvalue weighted by atomic mass is 32.2. The number of nitrogens with zero attached hydrogens (tertiary/aromatic N) is 2. The van der Waals surface area contributed by atoms with Crippen LogP contribution in [0.2, 0.25) is 0 Å². The van der Waals surface area contributed by atoms with E-state index in [9.17, 15) is 35.8 Å². The highest BCUT2D eigenvalue weighted by Crippen LogP contribution is 2.49. The van der Waals surface area contributed by atoms with Gasteiger partial charge in [-0.1, -0.05) is 64.8 Å². The lowest BCUT2D eigenvalue weighted by atomic mass is 9.81. The zero-order chi connectivity index (χ0) is 42.9. The second kappa shape index (κ2) is 17.0. The average molecular weight is 843 g/mol. The van der Waals surface area contributed by atoms with Crippen LogP contribution in [0.4, 0.5) is 17.1 Å². The third-order valence-electron chi connectivity index (χ3n) is 11.8. The predicted molar refractivity (Wildman–Crippen MR) is 233 cm³/mol. The third-order valence-corrected chi connectivity index (χ3v) is 13.5. The molecule has 6 rings (SSSR count). The molecule has 0 aromatic heterocycles. The lowest BCUT2D eigenvalue weighted by Gasteiger charge is -2.28. The molecule has 0 fully saturated rings. The number of hydrogen-bond donors (Lipinski definition) is 4. The van der Waals surface area contributed by atoms with Crippen LogP contribution in [0.15, 0.2) is 117 Å². The van der Waals surface area contributed by atoms with Gasteiger partial charge in [-0.05, 0) is 110 Å². The molecular weight excluding hydrogens is 787 g/mol. The lowest BCUT2D eigenvalue weighted by molar-refractivity contribution is -0.438. The first-order valence-electron chi connectivity index (χ1n) is 20.3. The molecule has 3 aliphatic rings. The number of unbranched alkanes of at least 4 members (excludes halogenated alkanes) is 2. The molecule has 3 aromatic carbocycles. The van der Waals surface area contributed by atoms with Crippen molar-refractivity contribution in [2.45, 2.75) is 114 Å². The fourth-order valence-electron chi connectivity index (χ4n) is 8.55. The summed E-state index contributed by atoms with van der Waals surface area (Å²) < 4.78 is 70.8. The number of fused-ring (bicyclic) bond motifs is 2. The van der Waals surface area contributed by atoms with Crippen LogP contribution in [0.3, 0.4) is 0 Å². The van der Waals surface area contributed by atoms with Gasteiger partial charge in [0, 0.05) is 58.9 Å². The third kappa shape index (κ3) is 9.18. The number of rotatable bonds is 15. The zero-order valence-corrected chi connectivity index (χ0v) is 36.4. The van der Waals surface area contributed by atoms with Crippen molar-refractivity contribution in [3.63, 3.8) is 0 Å². The van der Waals surface area contributed by atoms with E-state index in [0.717, 1.165) is 114 Å². The Morgan fingerprint density at radius 1 is 0.814 bits per heavy atom. The largest absolute Gasteiger partial charge is 0.481 e. The molecule has 0 spiro atoms. The Morgan fingerprint density at radius 3 is 2.08 bits per heavy atom. The van der Waals surface area contributed by atoms with Crippen LogP contribution in [0.25, 0.3) is 0 Å². The number of carboxylic acid groups (broad SMARTS) is 1. The van der Waals surface area contributed by atoms with E-state index in [1.807, 2.05) is 24.3 Å². The molecular formula is C46H56N3O8S2+. The van der Waals surface area contributed by atoms with Gasteiger partial charge in [-0.3, -0.25) is 13.9 Å². The summed E-state index contributed by atoms with van der Waals surface area (Å²) in [5.74, 6) is -0.901. The van der Waals surface area contributed by atoms with E-state index in [2.05, 4.69) is 80.6 Å². The van der Waals surface area contributed by atoms with E-state index in [1.54, 1.807) is 24.3 Å². The van der Waals surface area contributed by atoms with Crippen molar-refractivity contribution in [1.82, 2.24) is 0 Å². The summed E-state index contributed by atoms with van der Waals surface area (Å²) >= 11 is 0. The number of allylic oxidation sites excluding steroid dienone is 7. The Bertz CT molecular complexity index is 2530. The Balaban J connectivity index is 1.48. The van der Waals surface area contributed by atoms with E-state index < -0.39 is 37.0 Å².